The molecule has 3 rings (SSSR count). The van der Waals surface area contributed by atoms with Gasteiger partial charge in [0.15, 0.2) is 11.5 Å². The van der Waals surface area contributed by atoms with Gasteiger partial charge >= 0.3 is 5.97 Å². The third-order valence-corrected chi connectivity index (χ3v) is 4.93. The minimum absolute atomic E-state index is 0.578. The number of ether oxygens (including phenoxy) is 2. The van der Waals surface area contributed by atoms with Crippen molar-refractivity contribution in [3.05, 3.63) is 22.2 Å². The van der Waals surface area contributed by atoms with Crippen LogP contribution in [0.2, 0.25) is 0 Å². The third-order valence-electron chi connectivity index (χ3n) is 4.34. The van der Waals surface area contributed by atoms with Crippen LogP contribution in [0.15, 0.2) is 16.6 Å². The van der Waals surface area contributed by atoms with Crippen LogP contribution in [-0.4, -0.2) is 42.3 Å². The average Bonchev–Trinajstić information content (AvgIpc) is 2.70. The number of hydrogen-bond donors (Lipinski definition) is 1. The first-order chi connectivity index (χ1) is 10.5. The van der Waals surface area contributed by atoms with Gasteiger partial charge in [0.25, 0.3) is 0 Å². The summed E-state index contributed by atoms with van der Waals surface area (Å²) in [6.07, 6.45) is 1.56. The molecule has 1 N–H and O–H groups in total. The Morgan fingerprint density at radius 3 is 2.91 bits per heavy atom. The van der Waals surface area contributed by atoms with Gasteiger partial charge in [-0.15, -0.1) is 0 Å². The molecule has 0 bridgehead atoms. The van der Waals surface area contributed by atoms with Crippen molar-refractivity contribution in [1.82, 2.24) is 4.90 Å². The summed E-state index contributed by atoms with van der Waals surface area (Å²) in [4.78, 5) is 13.5. The lowest BCUT2D eigenvalue weighted by Crippen LogP contribution is -2.31. The van der Waals surface area contributed by atoms with Crippen LogP contribution in [0, 0.1) is 5.41 Å². The Morgan fingerprint density at radius 2 is 2.18 bits per heavy atom. The van der Waals surface area contributed by atoms with Crippen LogP contribution >= 0.6 is 15.9 Å². The zero-order valence-electron chi connectivity index (χ0n) is 12.6. The van der Waals surface area contributed by atoms with Gasteiger partial charge in [-0.05, 0) is 53.5 Å². The van der Waals surface area contributed by atoms with Crippen molar-refractivity contribution in [2.75, 3.05) is 26.3 Å². The summed E-state index contributed by atoms with van der Waals surface area (Å²) in [6.45, 7) is 5.23. The Hall–Kier alpha value is -1.27. The number of carboxylic acid groups (broad SMARTS) is 1. The number of carboxylic acids is 1. The summed E-state index contributed by atoms with van der Waals surface area (Å²) in [5.41, 5.74) is 0.466. The first-order valence-electron chi connectivity index (χ1n) is 7.52. The summed E-state index contributed by atoms with van der Waals surface area (Å²) >= 11 is 3.54. The number of nitrogens with zero attached hydrogens (tertiary/aromatic N) is 1. The summed E-state index contributed by atoms with van der Waals surface area (Å²) in [5.74, 6) is 0.815. The van der Waals surface area contributed by atoms with Gasteiger partial charge in [-0.2, -0.15) is 0 Å². The van der Waals surface area contributed by atoms with Crippen LogP contribution in [0.25, 0.3) is 0 Å². The number of halogens is 1. The molecular formula is C16H20BrNO4. The van der Waals surface area contributed by atoms with Gasteiger partial charge < -0.3 is 14.6 Å². The van der Waals surface area contributed by atoms with Crippen LogP contribution in [0.1, 0.15) is 25.3 Å². The van der Waals surface area contributed by atoms with Gasteiger partial charge in [0, 0.05) is 19.5 Å². The lowest BCUT2D eigenvalue weighted by atomic mass is 9.90. The fraction of sp³-hybridized carbons (Fsp3) is 0.562. The van der Waals surface area contributed by atoms with E-state index >= 15 is 0 Å². The van der Waals surface area contributed by atoms with E-state index in [0.29, 0.717) is 26.2 Å². The van der Waals surface area contributed by atoms with Crippen LogP contribution in [0.5, 0.6) is 11.5 Å². The van der Waals surface area contributed by atoms with Crippen LogP contribution in [0.3, 0.4) is 0 Å². The number of carbonyl (C=O) groups is 1. The van der Waals surface area contributed by atoms with Crippen LogP contribution in [0.4, 0.5) is 0 Å². The molecule has 1 aromatic carbocycles. The Bertz CT molecular complexity index is 592. The molecule has 2 aliphatic rings. The highest BCUT2D eigenvalue weighted by molar-refractivity contribution is 9.10. The van der Waals surface area contributed by atoms with Crippen molar-refractivity contribution < 1.29 is 19.4 Å². The van der Waals surface area contributed by atoms with E-state index in [0.717, 1.165) is 41.0 Å². The molecule has 1 atom stereocenters. The minimum Gasteiger partial charge on any atom is -0.490 e. The van der Waals surface area contributed by atoms with E-state index in [9.17, 15) is 9.90 Å². The summed E-state index contributed by atoms with van der Waals surface area (Å²) < 4.78 is 12.3. The molecule has 0 aliphatic carbocycles. The van der Waals surface area contributed by atoms with Gasteiger partial charge in [-0.25, -0.2) is 0 Å². The summed E-state index contributed by atoms with van der Waals surface area (Å²) in [7, 11) is 0. The van der Waals surface area contributed by atoms with Crippen molar-refractivity contribution in [3.63, 3.8) is 0 Å². The highest BCUT2D eigenvalue weighted by atomic mass is 79.9. The maximum atomic E-state index is 11.3. The van der Waals surface area contributed by atoms with E-state index in [1.807, 2.05) is 19.1 Å². The first kappa shape index (κ1) is 15.6. The highest BCUT2D eigenvalue weighted by Gasteiger charge is 2.40. The van der Waals surface area contributed by atoms with E-state index in [4.69, 9.17) is 9.47 Å². The number of aliphatic carboxylic acids is 1. The van der Waals surface area contributed by atoms with Gasteiger partial charge in [-0.3, -0.25) is 9.69 Å². The standard InChI is InChI=1S/C16H20BrNO4/c1-16(15(19)20)3-4-18(10-16)9-11-7-12(17)14-13(8-11)21-5-2-6-22-14/h7-8H,2-6,9-10H2,1H3,(H,19,20). The molecule has 1 fully saturated rings. The molecule has 6 heteroatoms. The van der Waals surface area contributed by atoms with E-state index in [1.54, 1.807) is 0 Å². The monoisotopic (exact) mass is 369 g/mol. The number of fused-ring (bicyclic) bond motifs is 1. The molecule has 1 aromatic rings. The molecule has 0 aromatic heterocycles. The van der Waals surface area contributed by atoms with Gasteiger partial charge in [-0.1, -0.05) is 0 Å². The molecule has 0 radical (unpaired) electrons. The maximum Gasteiger partial charge on any atom is 0.310 e. The molecule has 0 spiro atoms. The normalized spacial score (nSPS) is 25.0. The van der Waals surface area contributed by atoms with Gasteiger partial charge in [0.2, 0.25) is 0 Å². The van der Waals surface area contributed by atoms with Crippen molar-refractivity contribution >= 4 is 21.9 Å². The van der Waals surface area contributed by atoms with Crippen LogP contribution < -0.4 is 9.47 Å². The van der Waals surface area contributed by atoms with E-state index in [1.165, 1.54) is 0 Å². The number of hydrogen-bond acceptors (Lipinski definition) is 4. The van der Waals surface area contributed by atoms with E-state index < -0.39 is 11.4 Å². The van der Waals surface area contributed by atoms with Gasteiger partial charge in [0.05, 0.1) is 23.1 Å². The quantitative estimate of drug-likeness (QED) is 0.887. The molecule has 5 nitrogen and oxygen atoms in total. The van der Waals surface area contributed by atoms with Gasteiger partial charge in [0.1, 0.15) is 0 Å². The zero-order valence-corrected chi connectivity index (χ0v) is 14.2. The molecular weight excluding hydrogens is 350 g/mol. The fourth-order valence-electron chi connectivity index (χ4n) is 3.00. The van der Waals surface area contributed by atoms with E-state index in [-0.39, 0.29) is 0 Å². The molecule has 120 valence electrons. The third kappa shape index (κ3) is 3.08. The summed E-state index contributed by atoms with van der Waals surface area (Å²) in [5, 5.41) is 9.32. The molecule has 2 aliphatic heterocycles. The smallest absolute Gasteiger partial charge is 0.310 e. The van der Waals surface area contributed by atoms with Crippen molar-refractivity contribution in [3.8, 4) is 11.5 Å². The molecule has 1 saturated heterocycles. The lowest BCUT2D eigenvalue weighted by Gasteiger charge is -2.20. The highest BCUT2D eigenvalue weighted by Crippen LogP contribution is 2.39. The van der Waals surface area contributed by atoms with Crippen molar-refractivity contribution in [2.24, 2.45) is 5.41 Å². The van der Waals surface area contributed by atoms with E-state index in [2.05, 4.69) is 20.8 Å². The largest absolute Gasteiger partial charge is 0.490 e. The fourth-order valence-corrected chi connectivity index (χ4v) is 3.60. The minimum atomic E-state index is -0.713. The Balaban J connectivity index is 1.75. The second-order valence-electron chi connectivity index (χ2n) is 6.28. The number of rotatable bonds is 3. The molecule has 0 amide bonds. The molecule has 22 heavy (non-hydrogen) atoms. The van der Waals surface area contributed by atoms with Crippen LogP contribution in [-0.2, 0) is 11.3 Å². The molecule has 2 heterocycles. The molecule has 0 saturated carbocycles. The maximum absolute atomic E-state index is 11.3. The van der Waals surface area contributed by atoms with Crippen molar-refractivity contribution in [1.29, 1.82) is 0 Å². The molecule has 1 unspecified atom stereocenters. The predicted molar refractivity (Wildman–Crippen MR) is 85.4 cm³/mol. The topological polar surface area (TPSA) is 59.0 Å². The number of benzene rings is 1. The predicted octanol–water partition coefficient (Wildman–Crippen LogP) is 2.91. The second kappa shape index (κ2) is 6.08. The zero-order chi connectivity index (χ0) is 15.7. The summed E-state index contributed by atoms with van der Waals surface area (Å²) in [6, 6.07) is 4.03. The SMILES string of the molecule is CC1(C(=O)O)CCN(Cc2cc(Br)c3c(c2)OCCCO3)C1. The Labute approximate surface area is 138 Å². The first-order valence-corrected chi connectivity index (χ1v) is 8.31. The Morgan fingerprint density at radius 1 is 1.41 bits per heavy atom. The average molecular weight is 370 g/mol. The lowest BCUT2D eigenvalue weighted by molar-refractivity contribution is -0.147. The van der Waals surface area contributed by atoms with Crippen molar-refractivity contribution in [2.45, 2.75) is 26.3 Å². The number of likely N-dealkylation sites (tertiary alicyclic amines) is 1. The Kier molecular flexibility index (Phi) is 4.32. The second-order valence-corrected chi connectivity index (χ2v) is 7.14.